The first-order chi connectivity index (χ1) is 10.8. The third kappa shape index (κ3) is 5.92. The molecule has 2 N–H and O–H groups in total. The Labute approximate surface area is 136 Å². The maximum atomic E-state index is 11.7. The minimum atomic E-state index is 0.0449. The Hall–Kier alpha value is -1.78. The van der Waals surface area contributed by atoms with E-state index in [9.17, 15) is 4.79 Å². The molecular weight excluding hydrogens is 292 g/mol. The van der Waals surface area contributed by atoms with Crippen LogP contribution >= 0.6 is 11.8 Å². The lowest BCUT2D eigenvalue weighted by atomic mass is 10.2. The Morgan fingerprint density at radius 3 is 2.50 bits per heavy atom. The second kappa shape index (κ2) is 9.28. The van der Waals surface area contributed by atoms with Gasteiger partial charge in [-0.25, -0.2) is 0 Å². The van der Waals surface area contributed by atoms with Gasteiger partial charge in [-0.3, -0.25) is 4.79 Å². The van der Waals surface area contributed by atoms with Crippen LogP contribution in [0.15, 0.2) is 54.6 Å². The van der Waals surface area contributed by atoms with E-state index < -0.39 is 0 Å². The molecule has 0 atom stereocenters. The number of carbonyl (C=O) groups excluding carboxylic acids is 1. The van der Waals surface area contributed by atoms with Crippen molar-refractivity contribution in [2.75, 3.05) is 18.9 Å². The van der Waals surface area contributed by atoms with Crippen molar-refractivity contribution in [3.63, 3.8) is 0 Å². The number of amides is 1. The monoisotopic (exact) mass is 314 g/mol. The largest absolute Gasteiger partial charge is 0.326 e. The van der Waals surface area contributed by atoms with Crippen LogP contribution in [0.5, 0.6) is 0 Å². The molecule has 116 valence electrons. The molecule has 0 aromatic heterocycles. The Kier molecular flexibility index (Phi) is 7.00. The Bertz CT molecular complexity index is 587. The number of nitrogens with one attached hydrogen (secondary N) is 2. The number of benzene rings is 2. The van der Waals surface area contributed by atoms with Crippen LogP contribution in [0.2, 0.25) is 0 Å². The highest BCUT2D eigenvalue weighted by Gasteiger charge is 2.02. The number of anilines is 1. The summed E-state index contributed by atoms with van der Waals surface area (Å²) in [5.74, 6) is 1.98. The molecule has 3 nitrogen and oxygen atoms in total. The van der Waals surface area contributed by atoms with E-state index in [0.717, 1.165) is 17.2 Å². The van der Waals surface area contributed by atoms with Crippen LogP contribution in [0.1, 0.15) is 17.5 Å². The molecule has 2 rings (SSSR count). The van der Waals surface area contributed by atoms with Crippen molar-refractivity contribution in [2.24, 2.45) is 0 Å². The topological polar surface area (TPSA) is 41.1 Å². The molecule has 0 aliphatic rings. The zero-order valence-electron chi connectivity index (χ0n) is 12.8. The summed E-state index contributed by atoms with van der Waals surface area (Å²) < 4.78 is 0. The molecule has 0 heterocycles. The Morgan fingerprint density at radius 2 is 1.73 bits per heavy atom. The van der Waals surface area contributed by atoms with Gasteiger partial charge in [0.25, 0.3) is 0 Å². The summed E-state index contributed by atoms with van der Waals surface area (Å²) in [6.45, 7) is 0.693. The molecule has 0 fully saturated rings. The second-order valence-electron chi connectivity index (χ2n) is 5.08. The van der Waals surface area contributed by atoms with Gasteiger partial charge in [0.15, 0.2) is 0 Å². The lowest BCUT2D eigenvalue weighted by Crippen LogP contribution is -2.18. The van der Waals surface area contributed by atoms with Crippen molar-refractivity contribution >= 4 is 23.4 Å². The van der Waals surface area contributed by atoms with Crippen LogP contribution in [0.25, 0.3) is 0 Å². The summed E-state index contributed by atoms with van der Waals surface area (Å²) in [7, 11) is 1.85. The summed E-state index contributed by atoms with van der Waals surface area (Å²) in [5, 5.41) is 5.91. The van der Waals surface area contributed by atoms with Crippen LogP contribution in [0, 0.1) is 0 Å². The van der Waals surface area contributed by atoms with E-state index in [1.807, 2.05) is 37.0 Å². The zero-order chi connectivity index (χ0) is 15.6. The molecule has 0 aliphatic heterocycles. The SMILES string of the molecule is CNCCC(=O)Nc1cccc(CSCc2ccccc2)c1. The summed E-state index contributed by atoms with van der Waals surface area (Å²) >= 11 is 1.88. The van der Waals surface area contributed by atoms with E-state index in [-0.39, 0.29) is 5.91 Å². The van der Waals surface area contributed by atoms with Crippen molar-refractivity contribution in [1.29, 1.82) is 0 Å². The molecule has 2 aromatic rings. The van der Waals surface area contributed by atoms with E-state index in [1.165, 1.54) is 11.1 Å². The minimum absolute atomic E-state index is 0.0449. The van der Waals surface area contributed by atoms with Crippen molar-refractivity contribution in [2.45, 2.75) is 17.9 Å². The summed E-state index contributed by atoms with van der Waals surface area (Å²) in [5.41, 5.74) is 3.44. The third-order valence-electron chi connectivity index (χ3n) is 3.19. The first kappa shape index (κ1) is 16.6. The predicted molar refractivity (Wildman–Crippen MR) is 95.1 cm³/mol. The fourth-order valence-corrected chi connectivity index (χ4v) is 3.01. The van der Waals surface area contributed by atoms with Gasteiger partial charge in [-0.05, 0) is 30.3 Å². The van der Waals surface area contributed by atoms with Gasteiger partial charge in [0.1, 0.15) is 0 Å². The van der Waals surface area contributed by atoms with Crippen LogP contribution in [0.3, 0.4) is 0 Å². The van der Waals surface area contributed by atoms with Crippen LogP contribution in [-0.2, 0) is 16.3 Å². The van der Waals surface area contributed by atoms with Gasteiger partial charge in [0.05, 0.1) is 0 Å². The standard InChI is InChI=1S/C18H22N2OS/c1-19-11-10-18(21)20-17-9-5-8-16(12-17)14-22-13-15-6-3-2-4-7-15/h2-9,12,19H,10-11,13-14H2,1H3,(H,20,21). The average molecular weight is 314 g/mol. The summed E-state index contributed by atoms with van der Waals surface area (Å²) in [4.78, 5) is 11.7. The van der Waals surface area contributed by atoms with Gasteiger partial charge in [-0.2, -0.15) is 11.8 Å². The quantitative estimate of drug-likeness (QED) is 0.781. The highest BCUT2D eigenvalue weighted by molar-refractivity contribution is 7.97. The molecule has 1 amide bonds. The van der Waals surface area contributed by atoms with Crippen molar-refractivity contribution in [1.82, 2.24) is 5.32 Å². The fourth-order valence-electron chi connectivity index (χ4n) is 2.06. The van der Waals surface area contributed by atoms with E-state index >= 15 is 0 Å². The van der Waals surface area contributed by atoms with E-state index in [4.69, 9.17) is 0 Å². The second-order valence-corrected chi connectivity index (χ2v) is 6.07. The number of hydrogen-bond donors (Lipinski definition) is 2. The number of hydrogen-bond acceptors (Lipinski definition) is 3. The third-order valence-corrected chi connectivity index (χ3v) is 4.27. The van der Waals surface area contributed by atoms with Gasteiger partial charge in [0, 0.05) is 30.2 Å². The predicted octanol–water partition coefficient (Wildman–Crippen LogP) is 3.67. The number of thioether (sulfide) groups is 1. The van der Waals surface area contributed by atoms with Gasteiger partial charge >= 0.3 is 0 Å². The Balaban J connectivity index is 1.82. The average Bonchev–Trinajstić information content (AvgIpc) is 2.54. The van der Waals surface area contributed by atoms with Crippen molar-refractivity contribution in [3.8, 4) is 0 Å². The van der Waals surface area contributed by atoms with Crippen LogP contribution in [-0.4, -0.2) is 19.5 Å². The van der Waals surface area contributed by atoms with Crippen molar-refractivity contribution in [3.05, 3.63) is 65.7 Å². The maximum absolute atomic E-state index is 11.7. The molecule has 4 heteroatoms. The molecule has 0 spiro atoms. The summed E-state index contributed by atoms with van der Waals surface area (Å²) in [6.07, 6.45) is 0.490. The Morgan fingerprint density at radius 1 is 1.00 bits per heavy atom. The smallest absolute Gasteiger partial charge is 0.225 e. The molecule has 2 aromatic carbocycles. The molecule has 0 saturated heterocycles. The molecular formula is C18H22N2OS. The maximum Gasteiger partial charge on any atom is 0.225 e. The number of rotatable bonds is 8. The molecule has 0 unspecified atom stereocenters. The number of carbonyl (C=O) groups is 1. The normalized spacial score (nSPS) is 10.4. The lowest BCUT2D eigenvalue weighted by molar-refractivity contribution is -0.116. The van der Waals surface area contributed by atoms with Gasteiger partial charge in [0.2, 0.25) is 5.91 Å². The van der Waals surface area contributed by atoms with Gasteiger partial charge in [-0.15, -0.1) is 0 Å². The lowest BCUT2D eigenvalue weighted by Gasteiger charge is -2.07. The molecule has 0 radical (unpaired) electrons. The van der Waals surface area contributed by atoms with E-state index in [1.54, 1.807) is 0 Å². The molecule has 22 heavy (non-hydrogen) atoms. The first-order valence-electron chi connectivity index (χ1n) is 7.43. The van der Waals surface area contributed by atoms with E-state index in [2.05, 4.69) is 47.0 Å². The molecule has 0 bridgehead atoms. The van der Waals surface area contributed by atoms with E-state index in [0.29, 0.717) is 13.0 Å². The zero-order valence-corrected chi connectivity index (χ0v) is 13.7. The highest BCUT2D eigenvalue weighted by atomic mass is 32.2. The van der Waals surface area contributed by atoms with Crippen molar-refractivity contribution < 1.29 is 4.79 Å². The minimum Gasteiger partial charge on any atom is -0.326 e. The summed E-state index contributed by atoms with van der Waals surface area (Å²) in [6, 6.07) is 18.5. The molecule has 0 saturated carbocycles. The fraction of sp³-hybridized carbons (Fsp3) is 0.278. The van der Waals surface area contributed by atoms with Gasteiger partial charge in [-0.1, -0.05) is 42.5 Å². The van der Waals surface area contributed by atoms with Crippen LogP contribution < -0.4 is 10.6 Å². The first-order valence-corrected chi connectivity index (χ1v) is 8.58. The van der Waals surface area contributed by atoms with Crippen LogP contribution in [0.4, 0.5) is 5.69 Å². The molecule has 0 aliphatic carbocycles. The van der Waals surface area contributed by atoms with Gasteiger partial charge < -0.3 is 10.6 Å². The highest BCUT2D eigenvalue weighted by Crippen LogP contribution is 2.20.